The molecule has 1 unspecified atom stereocenters. The molecular formula is C12H26N2O2. The van der Waals surface area contributed by atoms with Crippen molar-refractivity contribution < 1.29 is 9.53 Å². The van der Waals surface area contributed by atoms with Crippen LogP contribution in [0.25, 0.3) is 0 Å². The molecule has 0 aliphatic heterocycles. The van der Waals surface area contributed by atoms with Gasteiger partial charge in [-0.05, 0) is 19.5 Å². The van der Waals surface area contributed by atoms with Crippen molar-refractivity contribution in [3.05, 3.63) is 0 Å². The van der Waals surface area contributed by atoms with Gasteiger partial charge in [0.15, 0.2) is 0 Å². The van der Waals surface area contributed by atoms with Gasteiger partial charge >= 0.3 is 5.97 Å². The zero-order chi connectivity index (χ0) is 12.4. The van der Waals surface area contributed by atoms with E-state index in [0.29, 0.717) is 6.54 Å². The van der Waals surface area contributed by atoms with Crippen LogP contribution in [0.2, 0.25) is 0 Å². The highest BCUT2D eigenvalue weighted by Crippen LogP contribution is 1.95. The Morgan fingerprint density at radius 1 is 1.38 bits per heavy atom. The van der Waals surface area contributed by atoms with Crippen LogP contribution in [0.4, 0.5) is 0 Å². The van der Waals surface area contributed by atoms with Crippen molar-refractivity contribution in [2.45, 2.75) is 27.2 Å². The molecule has 0 amide bonds. The maximum absolute atomic E-state index is 11.1. The standard InChI is InChI=1S/C12H26N2O2/c1-5-8-14(6-2)9-7-13-10-11(3)12(15)16-4/h11,13H,5-10H2,1-4H3. The maximum Gasteiger partial charge on any atom is 0.309 e. The summed E-state index contributed by atoms with van der Waals surface area (Å²) < 4.78 is 4.66. The molecule has 0 aliphatic rings. The molecule has 0 fully saturated rings. The van der Waals surface area contributed by atoms with Gasteiger partial charge in [0.25, 0.3) is 0 Å². The van der Waals surface area contributed by atoms with E-state index < -0.39 is 0 Å². The number of ether oxygens (including phenoxy) is 1. The molecule has 16 heavy (non-hydrogen) atoms. The molecular weight excluding hydrogens is 204 g/mol. The van der Waals surface area contributed by atoms with E-state index in [9.17, 15) is 4.79 Å². The molecule has 0 saturated carbocycles. The third-order valence-electron chi connectivity index (χ3n) is 2.65. The fourth-order valence-electron chi connectivity index (χ4n) is 1.58. The van der Waals surface area contributed by atoms with Crippen LogP contribution < -0.4 is 5.32 Å². The third kappa shape index (κ3) is 6.80. The first-order valence-corrected chi connectivity index (χ1v) is 6.16. The van der Waals surface area contributed by atoms with Gasteiger partial charge in [0.2, 0.25) is 0 Å². The van der Waals surface area contributed by atoms with Crippen molar-refractivity contribution in [1.82, 2.24) is 10.2 Å². The van der Waals surface area contributed by atoms with Crippen LogP contribution in [0.1, 0.15) is 27.2 Å². The quantitative estimate of drug-likeness (QED) is 0.476. The minimum atomic E-state index is -0.145. The van der Waals surface area contributed by atoms with Crippen LogP contribution in [0.5, 0.6) is 0 Å². The average Bonchev–Trinajstić information content (AvgIpc) is 2.31. The Hall–Kier alpha value is -0.610. The lowest BCUT2D eigenvalue weighted by molar-refractivity contribution is -0.144. The number of carbonyl (C=O) groups is 1. The molecule has 0 bridgehead atoms. The predicted octanol–water partition coefficient (Wildman–Crippen LogP) is 1.12. The maximum atomic E-state index is 11.1. The molecule has 0 aromatic carbocycles. The highest BCUT2D eigenvalue weighted by molar-refractivity contribution is 5.71. The first-order valence-electron chi connectivity index (χ1n) is 6.16. The summed E-state index contributed by atoms with van der Waals surface area (Å²) in [5, 5.41) is 3.28. The predicted molar refractivity (Wildman–Crippen MR) is 66.5 cm³/mol. The molecule has 0 rings (SSSR count). The number of esters is 1. The average molecular weight is 230 g/mol. The molecule has 4 heteroatoms. The Labute approximate surface area is 99.3 Å². The highest BCUT2D eigenvalue weighted by atomic mass is 16.5. The number of methoxy groups -OCH3 is 1. The zero-order valence-electron chi connectivity index (χ0n) is 11.1. The molecule has 1 atom stereocenters. The zero-order valence-corrected chi connectivity index (χ0v) is 11.1. The topological polar surface area (TPSA) is 41.6 Å². The largest absolute Gasteiger partial charge is 0.469 e. The first kappa shape index (κ1) is 15.4. The van der Waals surface area contributed by atoms with E-state index in [2.05, 4.69) is 28.8 Å². The number of rotatable bonds is 9. The monoisotopic (exact) mass is 230 g/mol. The minimum Gasteiger partial charge on any atom is -0.469 e. The first-order chi connectivity index (χ1) is 7.65. The van der Waals surface area contributed by atoms with Crippen LogP contribution in [0.3, 0.4) is 0 Å². The summed E-state index contributed by atoms with van der Waals surface area (Å²) in [7, 11) is 1.43. The van der Waals surface area contributed by atoms with Crippen molar-refractivity contribution in [3.63, 3.8) is 0 Å². The van der Waals surface area contributed by atoms with E-state index >= 15 is 0 Å². The normalized spacial score (nSPS) is 12.8. The van der Waals surface area contributed by atoms with Crippen molar-refractivity contribution in [2.75, 3.05) is 39.8 Å². The molecule has 0 aromatic heterocycles. The van der Waals surface area contributed by atoms with Gasteiger partial charge in [-0.1, -0.05) is 20.8 Å². The summed E-state index contributed by atoms with van der Waals surface area (Å²) >= 11 is 0. The van der Waals surface area contributed by atoms with Gasteiger partial charge < -0.3 is 15.0 Å². The molecule has 96 valence electrons. The van der Waals surface area contributed by atoms with E-state index in [1.165, 1.54) is 13.5 Å². The van der Waals surface area contributed by atoms with Crippen LogP contribution in [-0.2, 0) is 9.53 Å². The van der Waals surface area contributed by atoms with Crippen LogP contribution in [-0.4, -0.2) is 50.7 Å². The Balaban J connectivity index is 3.54. The highest BCUT2D eigenvalue weighted by Gasteiger charge is 2.11. The summed E-state index contributed by atoms with van der Waals surface area (Å²) in [5.41, 5.74) is 0. The summed E-state index contributed by atoms with van der Waals surface area (Å²) in [5.74, 6) is -0.209. The molecule has 0 heterocycles. The molecule has 0 aliphatic carbocycles. The summed E-state index contributed by atoms with van der Waals surface area (Å²) in [6.45, 7) is 11.1. The van der Waals surface area contributed by atoms with Gasteiger partial charge in [-0.15, -0.1) is 0 Å². The van der Waals surface area contributed by atoms with Gasteiger partial charge in [-0.25, -0.2) is 0 Å². The summed E-state index contributed by atoms with van der Waals surface area (Å²) in [4.78, 5) is 13.5. The number of hydrogen-bond donors (Lipinski definition) is 1. The summed E-state index contributed by atoms with van der Waals surface area (Å²) in [6, 6.07) is 0. The van der Waals surface area contributed by atoms with E-state index in [0.717, 1.165) is 26.2 Å². The lowest BCUT2D eigenvalue weighted by Gasteiger charge is -2.20. The molecule has 1 N–H and O–H groups in total. The fraction of sp³-hybridized carbons (Fsp3) is 0.917. The van der Waals surface area contributed by atoms with Crippen molar-refractivity contribution >= 4 is 5.97 Å². The third-order valence-corrected chi connectivity index (χ3v) is 2.65. The Kier molecular flexibility index (Phi) is 9.24. The lowest BCUT2D eigenvalue weighted by Crippen LogP contribution is -2.35. The number of likely N-dealkylation sites (N-methyl/N-ethyl adjacent to an activating group) is 1. The van der Waals surface area contributed by atoms with Crippen LogP contribution in [0.15, 0.2) is 0 Å². The number of carbonyl (C=O) groups excluding carboxylic acids is 1. The van der Waals surface area contributed by atoms with Gasteiger partial charge in [0, 0.05) is 19.6 Å². The second-order valence-corrected chi connectivity index (χ2v) is 4.06. The Bertz CT molecular complexity index is 186. The second-order valence-electron chi connectivity index (χ2n) is 4.06. The van der Waals surface area contributed by atoms with Crippen molar-refractivity contribution in [3.8, 4) is 0 Å². The van der Waals surface area contributed by atoms with E-state index in [4.69, 9.17) is 0 Å². The lowest BCUT2D eigenvalue weighted by atomic mass is 10.2. The molecule has 0 aromatic rings. The van der Waals surface area contributed by atoms with Gasteiger partial charge in [-0.3, -0.25) is 4.79 Å². The second kappa shape index (κ2) is 9.60. The van der Waals surface area contributed by atoms with E-state index in [1.54, 1.807) is 0 Å². The van der Waals surface area contributed by atoms with Gasteiger partial charge in [0.1, 0.15) is 0 Å². The van der Waals surface area contributed by atoms with Crippen LogP contribution >= 0.6 is 0 Å². The molecule has 4 nitrogen and oxygen atoms in total. The molecule has 0 spiro atoms. The fourth-order valence-corrected chi connectivity index (χ4v) is 1.58. The Morgan fingerprint density at radius 2 is 2.06 bits per heavy atom. The smallest absolute Gasteiger partial charge is 0.309 e. The SMILES string of the molecule is CCCN(CC)CCNCC(C)C(=O)OC. The summed E-state index contributed by atoms with van der Waals surface area (Å²) in [6.07, 6.45) is 1.19. The number of nitrogens with zero attached hydrogens (tertiary/aromatic N) is 1. The number of nitrogens with one attached hydrogen (secondary N) is 1. The van der Waals surface area contributed by atoms with Crippen molar-refractivity contribution in [1.29, 1.82) is 0 Å². The Morgan fingerprint density at radius 3 is 2.56 bits per heavy atom. The van der Waals surface area contributed by atoms with Crippen molar-refractivity contribution in [2.24, 2.45) is 5.92 Å². The van der Waals surface area contributed by atoms with Gasteiger partial charge in [0.05, 0.1) is 13.0 Å². The minimum absolute atomic E-state index is 0.0637. The number of hydrogen-bond acceptors (Lipinski definition) is 4. The van der Waals surface area contributed by atoms with E-state index in [-0.39, 0.29) is 11.9 Å². The molecule has 0 radical (unpaired) electrons. The van der Waals surface area contributed by atoms with Crippen LogP contribution in [0, 0.1) is 5.92 Å². The molecule has 0 saturated heterocycles. The van der Waals surface area contributed by atoms with Gasteiger partial charge in [-0.2, -0.15) is 0 Å². The van der Waals surface area contributed by atoms with E-state index in [1.807, 2.05) is 6.92 Å².